The number of carbonyl (C=O) groups excluding carboxylic acids is 1. The number of carbonyl (C=O) groups is 3. The molecule has 11 nitrogen and oxygen atoms in total. The summed E-state index contributed by atoms with van der Waals surface area (Å²) in [5.74, 6) is -4.13. The molecule has 0 radical (unpaired) electrons. The number of carboxylic acids is 2. The average Bonchev–Trinajstić information content (AvgIpc) is 2.49. The Labute approximate surface area is 173 Å². The number of benzene rings is 1. The number of amides is 1. The molecular formula is C18H26NO10P. The topological polar surface area (TPSA) is 180 Å². The van der Waals surface area contributed by atoms with E-state index in [-0.39, 0.29) is 12.2 Å². The summed E-state index contributed by atoms with van der Waals surface area (Å²) >= 11 is 0. The minimum Gasteiger partial charge on any atom is -0.481 e. The van der Waals surface area contributed by atoms with E-state index < -0.39 is 43.2 Å². The van der Waals surface area contributed by atoms with Crippen LogP contribution in [0.3, 0.4) is 0 Å². The average molecular weight is 447 g/mol. The SMILES string of the molecule is CO[C@@](CC(=O)O)(NC(=O)CC(C)(C)c1c(C)cc(C)cc1OP(=O)(O)O)C(=O)O. The summed E-state index contributed by atoms with van der Waals surface area (Å²) in [6.45, 7) is 6.58. The lowest BCUT2D eigenvalue weighted by atomic mass is 9.78. The summed E-state index contributed by atoms with van der Waals surface area (Å²) in [4.78, 5) is 53.7. The molecule has 0 bridgehead atoms. The Morgan fingerprint density at radius 3 is 2.10 bits per heavy atom. The Kier molecular flexibility index (Phi) is 7.79. The lowest BCUT2D eigenvalue weighted by molar-refractivity contribution is -0.176. The van der Waals surface area contributed by atoms with Crippen molar-refractivity contribution in [2.75, 3.05) is 7.11 Å². The van der Waals surface area contributed by atoms with Crippen LogP contribution in [-0.2, 0) is 29.1 Å². The van der Waals surface area contributed by atoms with Crippen molar-refractivity contribution in [3.8, 4) is 5.75 Å². The number of phosphoric acid groups is 1. The summed E-state index contributed by atoms with van der Waals surface area (Å²) in [7, 11) is -3.93. The Morgan fingerprint density at radius 2 is 1.67 bits per heavy atom. The zero-order chi connectivity index (χ0) is 23.5. The highest BCUT2D eigenvalue weighted by molar-refractivity contribution is 7.46. The normalized spacial score (nSPS) is 14.0. The number of hydrogen-bond donors (Lipinski definition) is 5. The fourth-order valence-corrected chi connectivity index (χ4v) is 3.75. The van der Waals surface area contributed by atoms with Crippen LogP contribution in [0, 0.1) is 13.8 Å². The number of aliphatic carboxylic acids is 2. The van der Waals surface area contributed by atoms with Gasteiger partial charge in [0.05, 0.1) is 0 Å². The van der Waals surface area contributed by atoms with E-state index in [9.17, 15) is 33.8 Å². The molecule has 0 aromatic heterocycles. The van der Waals surface area contributed by atoms with Crippen LogP contribution in [0.15, 0.2) is 12.1 Å². The molecule has 168 valence electrons. The van der Waals surface area contributed by atoms with Gasteiger partial charge in [0.1, 0.15) is 12.2 Å². The van der Waals surface area contributed by atoms with E-state index in [1.165, 1.54) is 6.07 Å². The Balaban J connectivity index is 3.30. The van der Waals surface area contributed by atoms with Crippen LogP contribution < -0.4 is 9.84 Å². The van der Waals surface area contributed by atoms with E-state index in [4.69, 9.17) is 14.4 Å². The summed E-state index contributed by atoms with van der Waals surface area (Å²) in [5, 5.41) is 20.4. The third-order valence-corrected chi connectivity index (χ3v) is 4.81. The fourth-order valence-electron chi connectivity index (χ4n) is 3.35. The number of ether oxygens (including phenoxy) is 1. The summed E-state index contributed by atoms with van der Waals surface area (Å²) < 4.78 is 21.0. The van der Waals surface area contributed by atoms with Crippen molar-refractivity contribution in [3.63, 3.8) is 0 Å². The van der Waals surface area contributed by atoms with Crippen LogP contribution >= 0.6 is 7.82 Å². The zero-order valence-electron chi connectivity index (χ0n) is 17.3. The summed E-state index contributed by atoms with van der Waals surface area (Å²) in [6, 6.07) is 3.16. The number of methoxy groups -OCH3 is 1. The molecule has 0 saturated carbocycles. The van der Waals surface area contributed by atoms with Crippen LogP contribution in [-0.4, -0.2) is 50.7 Å². The Morgan fingerprint density at radius 1 is 1.10 bits per heavy atom. The highest BCUT2D eigenvalue weighted by Gasteiger charge is 2.44. The molecular weight excluding hydrogens is 421 g/mol. The van der Waals surface area contributed by atoms with Crippen molar-refractivity contribution in [1.82, 2.24) is 5.32 Å². The summed E-state index contributed by atoms with van der Waals surface area (Å²) in [6.07, 6.45) is -1.37. The molecule has 0 fully saturated rings. The third kappa shape index (κ3) is 6.53. The largest absolute Gasteiger partial charge is 0.524 e. The van der Waals surface area contributed by atoms with Gasteiger partial charge >= 0.3 is 19.8 Å². The molecule has 12 heteroatoms. The maximum Gasteiger partial charge on any atom is 0.524 e. The van der Waals surface area contributed by atoms with Crippen LogP contribution in [0.4, 0.5) is 0 Å². The molecule has 0 saturated heterocycles. The summed E-state index contributed by atoms with van der Waals surface area (Å²) in [5.41, 5.74) is -1.94. The quantitative estimate of drug-likeness (QED) is 0.260. The van der Waals surface area contributed by atoms with Gasteiger partial charge in [0.15, 0.2) is 0 Å². The van der Waals surface area contributed by atoms with Crippen LogP contribution in [0.5, 0.6) is 5.75 Å². The van der Waals surface area contributed by atoms with Crippen LogP contribution in [0.25, 0.3) is 0 Å². The molecule has 0 spiro atoms. The van der Waals surface area contributed by atoms with Crippen molar-refractivity contribution in [2.24, 2.45) is 0 Å². The van der Waals surface area contributed by atoms with E-state index in [0.717, 1.165) is 7.11 Å². The molecule has 0 aliphatic heterocycles. The molecule has 1 aromatic rings. The van der Waals surface area contributed by atoms with Crippen molar-refractivity contribution in [1.29, 1.82) is 0 Å². The van der Waals surface area contributed by atoms with Gasteiger partial charge in [-0.2, -0.15) is 0 Å². The van der Waals surface area contributed by atoms with Crippen molar-refractivity contribution < 1.29 is 48.2 Å². The second-order valence-electron chi connectivity index (χ2n) is 7.55. The second kappa shape index (κ2) is 9.13. The highest BCUT2D eigenvalue weighted by Crippen LogP contribution is 2.45. The minimum atomic E-state index is -4.89. The van der Waals surface area contributed by atoms with E-state index >= 15 is 0 Å². The van der Waals surface area contributed by atoms with E-state index in [1.54, 1.807) is 33.8 Å². The number of carboxylic acid groups (broad SMARTS) is 2. The Bertz CT molecular complexity index is 891. The number of phosphoric ester groups is 1. The van der Waals surface area contributed by atoms with Crippen molar-refractivity contribution >= 4 is 25.7 Å². The van der Waals surface area contributed by atoms with Crippen LogP contribution in [0.1, 0.15) is 43.4 Å². The van der Waals surface area contributed by atoms with Gasteiger partial charge in [-0.25, -0.2) is 9.36 Å². The molecule has 5 N–H and O–H groups in total. The third-order valence-electron chi connectivity index (χ3n) is 4.38. The predicted octanol–water partition coefficient (Wildman–Crippen LogP) is 1.46. The molecule has 1 atom stereocenters. The smallest absolute Gasteiger partial charge is 0.481 e. The van der Waals surface area contributed by atoms with Crippen molar-refractivity contribution in [2.45, 2.75) is 51.7 Å². The second-order valence-corrected chi connectivity index (χ2v) is 8.72. The van der Waals surface area contributed by atoms with Gasteiger partial charge in [0.25, 0.3) is 5.72 Å². The predicted molar refractivity (Wildman–Crippen MR) is 104 cm³/mol. The van der Waals surface area contributed by atoms with E-state index in [2.05, 4.69) is 5.32 Å². The van der Waals surface area contributed by atoms with Gasteiger partial charge in [0.2, 0.25) is 5.91 Å². The van der Waals surface area contributed by atoms with Crippen molar-refractivity contribution in [3.05, 3.63) is 28.8 Å². The standard InChI is InChI=1S/C18H26NO10P/c1-10-6-11(2)15(12(7-10)29-30(25,26)27)17(3,4)8-13(20)19-18(28-5,16(23)24)9-14(21)22/h6-7H,8-9H2,1-5H3,(H,19,20)(H,21,22)(H,23,24)(H2,25,26,27)/t18-/m1/s1. The number of rotatable bonds is 10. The van der Waals surface area contributed by atoms with Gasteiger partial charge in [-0.3, -0.25) is 19.4 Å². The molecule has 0 aliphatic carbocycles. The first-order chi connectivity index (χ1) is 13.5. The Hall–Kier alpha value is -2.46. The lowest BCUT2D eigenvalue weighted by Gasteiger charge is -2.32. The number of hydrogen-bond acceptors (Lipinski definition) is 6. The molecule has 1 rings (SSSR count). The van der Waals surface area contributed by atoms with Gasteiger partial charge in [-0.1, -0.05) is 19.9 Å². The van der Waals surface area contributed by atoms with E-state index in [1.807, 2.05) is 0 Å². The zero-order valence-corrected chi connectivity index (χ0v) is 18.1. The maximum absolute atomic E-state index is 12.6. The molecule has 0 aliphatic rings. The van der Waals surface area contributed by atoms with Crippen LogP contribution in [0.2, 0.25) is 0 Å². The lowest BCUT2D eigenvalue weighted by Crippen LogP contribution is -2.57. The maximum atomic E-state index is 12.6. The molecule has 1 aromatic carbocycles. The van der Waals surface area contributed by atoms with Gasteiger partial charge in [-0.05, 0) is 31.0 Å². The van der Waals surface area contributed by atoms with Gasteiger partial charge < -0.3 is 24.8 Å². The molecule has 1 amide bonds. The van der Waals surface area contributed by atoms with Gasteiger partial charge in [-0.15, -0.1) is 0 Å². The first-order valence-corrected chi connectivity index (χ1v) is 10.2. The first kappa shape index (κ1) is 25.6. The minimum absolute atomic E-state index is 0.111. The number of nitrogens with one attached hydrogen (secondary N) is 1. The highest BCUT2D eigenvalue weighted by atomic mass is 31.2. The fraction of sp³-hybridized carbons (Fsp3) is 0.500. The molecule has 30 heavy (non-hydrogen) atoms. The first-order valence-electron chi connectivity index (χ1n) is 8.71. The molecule has 0 unspecified atom stereocenters. The van der Waals surface area contributed by atoms with E-state index in [0.29, 0.717) is 16.7 Å². The molecule has 0 heterocycles. The number of aryl methyl sites for hydroxylation is 2. The van der Waals surface area contributed by atoms with Gasteiger partial charge in [0, 0.05) is 24.5 Å². The monoisotopic (exact) mass is 447 g/mol.